The van der Waals surface area contributed by atoms with Gasteiger partial charge in [-0.3, -0.25) is 0 Å². The quantitative estimate of drug-likeness (QED) is 0.734. The predicted octanol–water partition coefficient (Wildman–Crippen LogP) is 2.41. The maximum absolute atomic E-state index is 9.63. The molecule has 1 aromatic rings. The van der Waals surface area contributed by atoms with Crippen LogP contribution in [0.5, 0.6) is 5.75 Å². The fraction of sp³-hybridized carbons (Fsp3) is 0.647. The van der Waals surface area contributed by atoms with Crippen LogP contribution in [0.15, 0.2) is 24.3 Å². The molecule has 21 heavy (non-hydrogen) atoms. The molecule has 0 amide bonds. The predicted molar refractivity (Wildman–Crippen MR) is 87.1 cm³/mol. The van der Waals surface area contributed by atoms with E-state index in [1.165, 1.54) is 12.8 Å². The lowest BCUT2D eigenvalue weighted by atomic mass is 9.96. The van der Waals surface area contributed by atoms with Crippen LogP contribution in [0.4, 0.5) is 5.69 Å². The summed E-state index contributed by atoms with van der Waals surface area (Å²) in [5.74, 6) is 0.904. The van der Waals surface area contributed by atoms with Gasteiger partial charge in [0.1, 0.15) is 5.75 Å². The van der Waals surface area contributed by atoms with Crippen LogP contribution in [0, 0.1) is 0 Å². The first-order valence-electron chi connectivity index (χ1n) is 7.81. The Kier molecular flexibility index (Phi) is 5.48. The van der Waals surface area contributed by atoms with E-state index in [2.05, 4.69) is 30.3 Å². The van der Waals surface area contributed by atoms with E-state index in [0.29, 0.717) is 6.04 Å². The average Bonchev–Trinajstić information content (AvgIpc) is 3.30. The number of nitrogens with zero attached hydrogens (tertiary/aromatic N) is 1. The number of aliphatic hydroxyl groups excluding tert-OH is 1. The summed E-state index contributed by atoms with van der Waals surface area (Å²) in [7, 11) is 3.79. The lowest BCUT2D eigenvalue weighted by Crippen LogP contribution is -2.47. The van der Waals surface area contributed by atoms with Crippen molar-refractivity contribution in [2.24, 2.45) is 0 Å². The van der Waals surface area contributed by atoms with Crippen LogP contribution >= 0.6 is 0 Å². The molecule has 0 spiro atoms. The monoisotopic (exact) mass is 292 g/mol. The Bertz CT molecular complexity index is 448. The smallest absolute Gasteiger partial charge is 0.142 e. The molecule has 118 valence electrons. The molecule has 1 saturated carbocycles. The highest BCUT2D eigenvalue weighted by molar-refractivity contribution is 5.57. The molecule has 1 aromatic carbocycles. The molecule has 1 atom stereocenters. The molecule has 1 fully saturated rings. The molecule has 1 aliphatic rings. The summed E-state index contributed by atoms with van der Waals surface area (Å²) in [4.78, 5) is 2.22. The number of methoxy groups -OCH3 is 1. The van der Waals surface area contributed by atoms with E-state index >= 15 is 0 Å². The summed E-state index contributed by atoms with van der Waals surface area (Å²) in [5, 5.41) is 13.2. The van der Waals surface area contributed by atoms with Crippen LogP contribution in [0.2, 0.25) is 0 Å². The summed E-state index contributed by atoms with van der Waals surface area (Å²) in [6.45, 7) is 3.26. The van der Waals surface area contributed by atoms with Gasteiger partial charge in [-0.15, -0.1) is 0 Å². The number of rotatable bonds is 9. The maximum atomic E-state index is 9.63. The molecule has 4 heteroatoms. The minimum absolute atomic E-state index is 0.150. The van der Waals surface area contributed by atoms with Gasteiger partial charge in [0, 0.05) is 25.2 Å². The van der Waals surface area contributed by atoms with Crippen LogP contribution in [-0.4, -0.2) is 44.0 Å². The Morgan fingerprint density at radius 1 is 1.38 bits per heavy atom. The summed E-state index contributed by atoms with van der Waals surface area (Å²) in [5.41, 5.74) is 0.962. The first-order chi connectivity index (χ1) is 10.1. The van der Waals surface area contributed by atoms with Crippen LogP contribution in [0.1, 0.15) is 32.6 Å². The Morgan fingerprint density at radius 2 is 2.10 bits per heavy atom. The van der Waals surface area contributed by atoms with Gasteiger partial charge in [-0.1, -0.05) is 12.1 Å². The third-order valence-electron chi connectivity index (χ3n) is 4.20. The van der Waals surface area contributed by atoms with Crippen molar-refractivity contribution in [2.75, 3.05) is 32.2 Å². The second-order valence-corrected chi connectivity index (χ2v) is 6.33. The van der Waals surface area contributed by atoms with Gasteiger partial charge in [-0.05, 0) is 44.7 Å². The topological polar surface area (TPSA) is 44.7 Å². The van der Waals surface area contributed by atoms with Crippen molar-refractivity contribution < 1.29 is 9.84 Å². The van der Waals surface area contributed by atoms with Gasteiger partial charge in [0.25, 0.3) is 0 Å². The Labute approximate surface area is 128 Å². The molecular formula is C17H28N2O2. The molecule has 1 aliphatic carbocycles. The van der Waals surface area contributed by atoms with E-state index in [0.717, 1.165) is 30.8 Å². The second kappa shape index (κ2) is 7.14. The number of ether oxygens (including phenoxy) is 1. The summed E-state index contributed by atoms with van der Waals surface area (Å²) >= 11 is 0. The van der Waals surface area contributed by atoms with Gasteiger partial charge in [0.2, 0.25) is 0 Å². The van der Waals surface area contributed by atoms with Gasteiger partial charge in [-0.25, -0.2) is 0 Å². The van der Waals surface area contributed by atoms with E-state index in [1.807, 2.05) is 18.2 Å². The van der Waals surface area contributed by atoms with E-state index in [-0.39, 0.29) is 12.1 Å². The molecule has 0 aromatic heterocycles. The van der Waals surface area contributed by atoms with E-state index in [9.17, 15) is 5.11 Å². The average molecular weight is 292 g/mol. The number of aliphatic hydroxyl groups is 1. The molecule has 0 heterocycles. The standard InChI is InChI=1S/C17H28N2O2/c1-17(13-20,18-14-9-10-14)11-6-12-19(2)15-7-4-5-8-16(15)21-3/h4-5,7-8,14,18,20H,6,9-13H2,1-3H3. The maximum Gasteiger partial charge on any atom is 0.142 e. The number of hydrogen-bond acceptors (Lipinski definition) is 4. The van der Waals surface area contributed by atoms with Crippen molar-refractivity contribution in [3.05, 3.63) is 24.3 Å². The molecule has 4 nitrogen and oxygen atoms in total. The Morgan fingerprint density at radius 3 is 2.71 bits per heavy atom. The highest BCUT2D eigenvalue weighted by Gasteiger charge is 2.31. The van der Waals surface area contributed by atoms with Gasteiger partial charge < -0.3 is 20.1 Å². The van der Waals surface area contributed by atoms with Gasteiger partial charge >= 0.3 is 0 Å². The fourth-order valence-electron chi connectivity index (χ4n) is 2.69. The summed E-state index contributed by atoms with van der Waals surface area (Å²) < 4.78 is 5.40. The first kappa shape index (κ1) is 16.1. The highest BCUT2D eigenvalue weighted by atomic mass is 16.5. The Hall–Kier alpha value is -1.26. The van der Waals surface area contributed by atoms with Crippen LogP contribution in [0.25, 0.3) is 0 Å². The van der Waals surface area contributed by atoms with Crippen molar-refractivity contribution in [3.63, 3.8) is 0 Å². The highest BCUT2D eigenvalue weighted by Crippen LogP contribution is 2.28. The zero-order valence-corrected chi connectivity index (χ0v) is 13.4. The van der Waals surface area contributed by atoms with Crippen molar-refractivity contribution in [1.29, 1.82) is 0 Å². The van der Waals surface area contributed by atoms with Gasteiger partial charge in [0.05, 0.1) is 19.4 Å². The lowest BCUT2D eigenvalue weighted by molar-refractivity contribution is 0.162. The van der Waals surface area contributed by atoms with E-state index < -0.39 is 0 Å². The molecule has 2 N–H and O–H groups in total. The SMILES string of the molecule is COc1ccccc1N(C)CCCC(C)(CO)NC1CC1. The molecule has 0 aliphatic heterocycles. The van der Waals surface area contributed by atoms with Crippen LogP contribution in [0.3, 0.4) is 0 Å². The van der Waals surface area contributed by atoms with Crippen molar-refractivity contribution >= 4 is 5.69 Å². The number of anilines is 1. The van der Waals surface area contributed by atoms with Crippen molar-refractivity contribution in [1.82, 2.24) is 5.32 Å². The van der Waals surface area contributed by atoms with E-state index in [1.54, 1.807) is 7.11 Å². The summed E-state index contributed by atoms with van der Waals surface area (Å²) in [6.07, 6.45) is 4.50. The van der Waals surface area contributed by atoms with Gasteiger partial charge in [-0.2, -0.15) is 0 Å². The molecule has 0 saturated heterocycles. The third kappa shape index (κ3) is 4.61. The molecule has 0 bridgehead atoms. The van der Waals surface area contributed by atoms with Crippen LogP contribution < -0.4 is 15.0 Å². The third-order valence-corrected chi connectivity index (χ3v) is 4.20. The second-order valence-electron chi connectivity index (χ2n) is 6.33. The number of hydrogen-bond donors (Lipinski definition) is 2. The first-order valence-corrected chi connectivity index (χ1v) is 7.81. The number of para-hydroxylation sites is 2. The molecular weight excluding hydrogens is 264 g/mol. The zero-order valence-electron chi connectivity index (χ0n) is 13.4. The van der Waals surface area contributed by atoms with Crippen molar-refractivity contribution in [3.8, 4) is 5.75 Å². The van der Waals surface area contributed by atoms with Gasteiger partial charge in [0.15, 0.2) is 0 Å². The zero-order chi connectivity index (χ0) is 15.3. The molecule has 0 radical (unpaired) electrons. The largest absolute Gasteiger partial charge is 0.495 e. The molecule has 1 unspecified atom stereocenters. The van der Waals surface area contributed by atoms with Crippen molar-refractivity contribution in [2.45, 2.75) is 44.2 Å². The van der Waals surface area contributed by atoms with Crippen LogP contribution in [-0.2, 0) is 0 Å². The number of nitrogens with one attached hydrogen (secondary N) is 1. The lowest BCUT2D eigenvalue weighted by Gasteiger charge is -2.30. The summed E-state index contributed by atoms with van der Waals surface area (Å²) in [6, 6.07) is 8.69. The molecule has 2 rings (SSSR count). The van der Waals surface area contributed by atoms with E-state index in [4.69, 9.17) is 4.74 Å². The Balaban J connectivity index is 1.84. The minimum atomic E-state index is -0.150. The minimum Gasteiger partial charge on any atom is -0.495 e. The normalized spacial score (nSPS) is 17.3. The number of benzene rings is 1. The fourth-order valence-corrected chi connectivity index (χ4v) is 2.69.